The van der Waals surface area contributed by atoms with Crippen LogP contribution in [0.5, 0.6) is 0 Å². The minimum absolute atomic E-state index is 0.363. The molecule has 0 unspecified atom stereocenters. The summed E-state index contributed by atoms with van der Waals surface area (Å²) in [6.07, 6.45) is 0. The molecule has 0 bridgehead atoms. The minimum atomic E-state index is -1.21. The van der Waals surface area contributed by atoms with E-state index in [4.69, 9.17) is 34.8 Å². The zero-order valence-corrected chi connectivity index (χ0v) is 27.1. The SMILES string of the molecule is Clc1ccc(P(c2ccc(Cl)cc2)c2ccc(Cl)cc2)cc1.Fc1cccc(P(c2cccc(F)c2)c2cccc(F)c2)c1. The number of rotatable bonds is 6. The molecule has 6 aromatic carbocycles. The third-order valence-electron chi connectivity index (χ3n) is 6.45. The molecule has 0 nitrogen and oxygen atoms in total. The van der Waals surface area contributed by atoms with Crippen LogP contribution in [0.3, 0.4) is 0 Å². The summed E-state index contributed by atoms with van der Waals surface area (Å²) in [6, 6.07) is 42.6. The van der Waals surface area contributed by atoms with Gasteiger partial charge in [0.1, 0.15) is 17.5 Å². The number of halogens is 6. The van der Waals surface area contributed by atoms with Crippen LogP contribution < -0.4 is 31.8 Å². The van der Waals surface area contributed by atoms with Gasteiger partial charge in [-0.1, -0.05) is 108 Å². The van der Waals surface area contributed by atoms with Crippen LogP contribution >= 0.6 is 50.6 Å². The number of hydrogen-bond donors (Lipinski definition) is 0. The van der Waals surface area contributed by atoms with Crippen molar-refractivity contribution in [2.45, 2.75) is 0 Å². The van der Waals surface area contributed by atoms with E-state index in [1.807, 2.05) is 36.4 Å². The van der Waals surface area contributed by atoms with Gasteiger partial charge in [-0.3, -0.25) is 0 Å². The Morgan fingerprint density at radius 2 is 0.568 bits per heavy atom. The van der Waals surface area contributed by atoms with E-state index in [0.29, 0.717) is 15.9 Å². The molecular formula is C36H24Cl3F3P2. The van der Waals surface area contributed by atoms with Crippen molar-refractivity contribution < 1.29 is 13.2 Å². The molecule has 0 fully saturated rings. The number of benzene rings is 6. The molecule has 0 amide bonds. The first-order chi connectivity index (χ1) is 21.3. The van der Waals surface area contributed by atoms with E-state index in [1.165, 1.54) is 52.3 Å². The average molecular weight is 682 g/mol. The molecule has 0 aliphatic heterocycles. The molecular weight excluding hydrogens is 658 g/mol. The van der Waals surface area contributed by atoms with E-state index in [-0.39, 0.29) is 17.5 Å². The van der Waals surface area contributed by atoms with Crippen LogP contribution in [0.15, 0.2) is 146 Å². The van der Waals surface area contributed by atoms with Gasteiger partial charge in [-0.05, 0) is 120 Å². The van der Waals surface area contributed by atoms with E-state index in [0.717, 1.165) is 15.1 Å². The molecule has 0 saturated heterocycles. The van der Waals surface area contributed by atoms with E-state index < -0.39 is 15.8 Å². The molecule has 220 valence electrons. The summed E-state index contributed by atoms with van der Waals surface area (Å²) >= 11 is 18.1. The van der Waals surface area contributed by atoms with Crippen LogP contribution in [0.4, 0.5) is 13.2 Å². The molecule has 0 N–H and O–H groups in total. The summed E-state index contributed by atoms with van der Waals surface area (Å²) < 4.78 is 40.7. The van der Waals surface area contributed by atoms with Gasteiger partial charge in [0.05, 0.1) is 0 Å². The summed E-state index contributed by atoms with van der Waals surface area (Å²) in [5, 5.41) is 8.09. The zero-order valence-electron chi connectivity index (χ0n) is 23.0. The maximum Gasteiger partial charge on any atom is 0.123 e. The van der Waals surface area contributed by atoms with Gasteiger partial charge in [0, 0.05) is 15.1 Å². The summed E-state index contributed by atoms with van der Waals surface area (Å²) in [4.78, 5) is 0. The molecule has 44 heavy (non-hydrogen) atoms. The van der Waals surface area contributed by atoms with Gasteiger partial charge in [0.2, 0.25) is 0 Å². The van der Waals surface area contributed by atoms with E-state index in [9.17, 15) is 13.2 Å². The Bertz CT molecular complexity index is 1610. The lowest BCUT2D eigenvalue weighted by atomic mass is 10.3. The maximum absolute atomic E-state index is 13.6. The van der Waals surface area contributed by atoms with Crippen LogP contribution in [0.1, 0.15) is 0 Å². The quantitative estimate of drug-likeness (QED) is 0.154. The van der Waals surface area contributed by atoms with Gasteiger partial charge in [-0.25, -0.2) is 13.2 Å². The molecule has 0 aliphatic carbocycles. The lowest BCUT2D eigenvalue weighted by Gasteiger charge is -2.19. The second-order valence-corrected chi connectivity index (χ2v) is 15.3. The van der Waals surface area contributed by atoms with E-state index in [1.54, 1.807) is 36.4 Å². The predicted molar refractivity (Wildman–Crippen MR) is 185 cm³/mol. The molecule has 0 saturated carbocycles. The van der Waals surface area contributed by atoms with Crippen LogP contribution in [0, 0.1) is 17.5 Å². The highest BCUT2D eigenvalue weighted by Crippen LogP contribution is 2.35. The van der Waals surface area contributed by atoms with Gasteiger partial charge < -0.3 is 0 Å². The Balaban J connectivity index is 0.000000175. The molecule has 6 aromatic rings. The minimum Gasteiger partial charge on any atom is -0.207 e. The highest BCUT2D eigenvalue weighted by atomic mass is 35.5. The normalized spacial score (nSPS) is 10.9. The Morgan fingerprint density at radius 3 is 0.818 bits per heavy atom. The largest absolute Gasteiger partial charge is 0.207 e. The highest BCUT2D eigenvalue weighted by molar-refractivity contribution is 7.80. The second kappa shape index (κ2) is 15.2. The molecule has 0 heterocycles. The highest BCUT2D eigenvalue weighted by Gasteiger charge is 2.19. The van der Waals surface area contributed by atoms with Crippen molar-refractivity contribution in [3.05, 3.63) is 178 Å². The summed E-state index contributed by atoms with van der Waals surface area (Å²) in [5.74, 6) is -1.09. The van der Waals surface area contributed by atoms with Crippen LogP contribution in [-0.4, -0.2) is 0 Å². The number of hydrogen-bond acceptors (Lipinski definition) is 0. The zero-order chi connectivity index (χ0) is 31.1. The molecule has 6 rings (SSSR count). The molecule has 0 atom stereocenters. The second-order valence-electron chi connectivity index (χ2n) is 9.54. The van der Waals surface area contributed by atoms with E-state index in [2.05, 4.69) is 36.4 Å². The Morgan fingerprint density at radius 1 is 0.318 bits per heavy atom. The fraction of sp³-hybridized carbons (Fsp3) is 0. The monoisotopic (exact) mass is 680 g/mol. The van der Waals surface area contributed by atoms with Gasteiger partial charge in [0.15, 0.2) is 0 Å². The lowest BCUT2D eigenvalue weighted by Crippen LogP contribution is -2.21. The first-order valence-corrected chi connectivity index (χ1v) is 17.2. The van der Waals surface area contributed by atoms with Crippen LogP contribution in [-0.2, 0) is 0 Å². The molecule has 0 aromatic heterocycles. The average Bonchev–Trinajstić information content (AvgIpc) is 3.01. The Kier molecular flexibility index (Phi) is 11.2. The molecule has 8 heteroatoms. The predicted octanol–water partition coefficient (Wildman–Crippen LogP) is 9.27. The van der Waals surface area contributed by atoms with Crippen molar-refractivity contribution in [2.24, 2.45) is 0 Å². The van der Waals surface area contributed by atoms with Crippen molar-refractivity contribution in [3.8, 4) is 0 Å². The van der Waals surface area contributed by atoms with Crippen LogP contribution in [0.2, 0.25) is 15.1 Å². The summed E-state index contributed by atoms with van der Waals surface area (Å²) in [7, 11) is -1.87. The third-order valence-corrected chi connectivity index (χ3v) is 12.0. The lowest BCUT2D eigenvalue weighted by molar-refractivity contribution is 0.629. The first-order valence-electron chi connectivity index (χ1n) is 13.4. The Hall–Kier alpha value is -3.16. The van der Waals surface area contributed by atoms with Gasteiger partial charge in [-0.15, -0.1) is 0 Å². The van der Waals surface area contributed by atoms with Gasteiger partial charge >= 0.3 is 0 Å². The molecule has 0 aliphatic rings. The van der Waals surface area contributed by atoms with Crippen molar-refractivity contribution in [1.82, 2.24) is 0 Å². The van der Waals surface area contributed by atoms with Crippen molar-refractivity contribution in [1.29, 1.82) is 0 Å². The van der Waals surface area contributed by atoms with Gasteiger partial charge in [0.25, 0.3) is 0 Å². The van der Waals surface area contributed by atoms with Crippen molar-refractivity contribution in [2.75, 3.05) is 0 Å². The van der Waals surface area contributed by atoms with Crippen LogP contribution in [0.25, 0.3) is 0 Å². The van der Waals surface area contributed by atoms with Crippen molar-refractivity contribution >= 4 is 82.5 Å². The molecule has 0 spiro atoms. The van der Waals surface area contributed by atoms with E-state index >= 15 is 0 Å². The van der Waals surface area contributed by atoms with Gasteiger partial charge in [-0.2, -0.15) is 0 Å². The Labute approximate surface area is 272 Å². The summed E-state index contributed by atoms with van der Waals surface area (Å²) in [6.45, 7) is 0. The fourth-order valence-corrected chi connectivity index (χ4v) is 9.48. The third kappa shape index (κ3) is 8.51. The topological polar surface area (TPSA) is 0 Å². The smallest absolute Gasteiger partial charge is 0.123 e. The molecule has 0 radical (unpaired) electrons. The van der Waals surface area contributed by atoms with Crippen molar-refractivity contribution in [3.63, 3.8) is 0 Å². The first kappa shape index (κ1) is 32.2. The maximum atomic E-state index is 13.6. The summed E-state index contributed by atoms with van der Waals surface area (Å²) in [5.41, 5.74) is 0. The standard InChI is InChI=1S/C18H12Cl3P.C18H12F3P/c19-13-1-7-16(8-2-13)22(17-9-3-14(20)4-10-17)18-11-5-15(21)6-12-18;19-13-4-1-7-16(10-13)22(17-8-2-5-14(20)11-17)18-9-3-6-15(21)12-18/h2*1-12H. The fourth-order valence-electron chi connectivity index (χ4n) is 4.51.